The van der Waals surface area contributed by atoms with Crippen LogP contribution in [0.25, 0.3) is 0 Å². The largest absolute Gasteiger partial charge is 0.353 e. The van der Waals surface area contributed by atoms with E-state index in [1.165, 1.54) is 12.1 Å². The number of nitrogens with zero attached hydrogens (tertiary/aromatic N) is 3. The Morgan fingerprint density at radius 2 is 2.00 bits per heavy atom. The highest BCUT2D eigenvalue weighted by Gasteiger charge is 2.21. The highest BCUT2D eigenvalue weighted by molar-refractivity contribution is 5.76. The minimum atomic E-state index is -0.818. The molecule has 1 aliphatic heterocycles. The molecule has 0 radical (unpaired) electrons. The van der Waals surface area contributed by atoms with E-state index in [1.54, 1.807) is 16.9 Å². The number of nitrogens with one attached hydrogen (secondary N) is 1. The Kier molecular flexibility index (Phi) is 5.98. The van der Waals surface area contributed by atoms with Gasteiger partial charge in [0.1, 0.15) is 0 Å². The lowest BCUT2D eigenvalue weighted by molar-refractivity contribution is -0.122. The number of rotatable bonds is 6. The normalized spacial score (nSPS) is 16.0. The second-order valence-electron chi connectivity index (χ2n) is 6.89. The summed E-state index contributed by atoms with van der Waals surface area (Å²) in [6.45, 7) is 2.25. The molecule has 26 heavy (non-hydrogen) atoms. The first-order chi connectivity index (χ1) is 12.5. The van der Waals surface area contributed by atoms with Gasteiger partial charge in [-0.3, -0.25) is 14.4 Å². The van der Waals surface area contributed by atoms with Crippen LogP contribution in [0.5, 0.6) is 0 Å². The van der Waals surface area contributed by atoms with Crippen LogP contribution in [0.2, 0.25) is 0 Å². The second kappa shape index (κ2) is 8.40. The zero-order valence-electron chi connectivity index (χ0n) is 14.9. The fourth-order valence-electron chi connectivity index (χ4n) is 3.29. The lowest BCUT2D eigenvalue weighted by Gasteiger charge is -2.32. The summed E-state index contributed by atoms with van der Waals surface area (Å²) < 4.78 is 28.0. The quantitative estimate of drug-likeness (QED) is 0.859. The van der Waals surface area contributed by atoms with E-state index < -0.39 is 11.6 Å². The lowest BCUT2D eigenvalue weighted by atomic mass is 10.0. The molecule has 1 aromatic heterocycles. The zero-order chi connectivity index (χ0) is 18.5. The molecule has 7 heteroatoms. The minimum Gasteiger partial charge on any atom is -0.353 e. The average Bonchev–Trinajstić information content (AvgIpc) is 3.04. The molecule has 1 aliphatic rings. The van der Waals surface area contributed by atoms with Crippen molar-refractivity contribution in [2.45, 2.75) is 38.3 Å². The van der Waals surface area contributed by atoms with Gasteiger partial charge in [-0.25, -0.2) is 8.78 Å². The standard InChI is InChI=1S/C19H24F2N4O/c1-24-12-15(11-22-24)3-5-19(26)23-16-6-8-25(9-7-16)13-14-2-4-17(20)18(21)10-14/h2,4,10-12,16H,3,5-9,13H2,1H3,(H,23,26). The average molecular weight is 362 g/mol. The van der Waals surface area contributed by atoms with Crippen molar-refractivity contribution in [3.63, 3.8) is 0 Å². The van der Waals surface area contributed by atoms with Gasteiger partial charge < -0.3 is 5.32 Å². The van der Waals surface area contributed by atoms with E-state index in [4.69, 9.17) is 0 Å². The Hall–Kier alpha value is -2.28. The summed E-state index contributed by atoms with van der Waals surface area (Å²) in [7, 11) is 1.86. The molecule has 1 N–H and O–H groups in total. The summed E-state index contributed by atoms with van der Waals surface area (Å²) in [6, 6.07) is 4.21. The van der Waals surface area contributed by atoms with Crippen LogP contribution < -0.4 is 5.32 Å². The van der Waals surface area contributed by atoms with Gasteiger partial charge in [-0.1, -0.05) is 6.07 Å². The van der Waals surface area contributed by atoms with Gasteiger partial charge in [-0.15, -0.1) is 0 Å². The van der Waals surface area contributed by atoms with E-state index in [0.717, 1.165) is 37.1 Å². The van der Waals surface area contributed by atoms with Gasteiger partial charge in [0.05, 0.1) is 6.20 Å². The number of likely N-dealkylation sites (tertiary alicyclic amines) is 1. The predicted octanol–water partition coefficient (Wildman–Crippen LogP) is 2.41. The van der Waals surface area contributed by atoms with E-state index in [1.807, 2.05) is 13.2 Å². The van der Waals surface area contributed by atoms with E-state index >= 15 is 0 Å². The first-order valence-electron chi connectivity index (χ1n) is 8.93. The second-order valence-corrected chi connectivity index (χ2v) is 6.89. The fourth-order valence-corrected chi connectivity index (χ4v) is 3.29. The molecule has 1 saturated heterocycles. The number of hydrogen-bond acceptors (Lipinski definition) is 3. The number of piperidine rings is 1. The molecule has 0 atom stereocenters. The van der Waals surface area contributed by atoms with Crippen LogP contribution in [-0.2, 0) is 24.8 Å². The SMILES string of the molecule is Cn1cc(CCC(=O)NC2CCN(Cc3ccc(F)c(F)c3)CC2)cn1. The van der Waals surface area contributed by atoms with Gasteiger partial charge in [-0.2, -0.15) is 5.10 Å². The molecule has 2 heterocycles. The van der Waals surface area contributed by atoms with E-state index in [-0.39, 0.29) is 11.9 Å². The number of aryl methyl sites for hydroxylation is 2. The van der Waals surface area contributed by atoms with Crippen molar-refractivity contribution in [2.24, 2.45) is 7.05 Å². The van der Waals surface area contributed by atoms with Crippen LogP contribution in [0.3, 0.4) is 0 Å². The Morgan fingerprint density at radius 1 is 1.23 bits per heavy atom. The molecule has 140 valence electrons. The molecule has 0 spiro atoms. The zero-order valence-corrected chi connectivity index (χ0v) is 14.9. The summed E-state index contributed by atoms with van der Waals surface area (Å²) >= 11 is 0. The van der Waals surface area contributed by atoms with Crippen molar-refractivity contribution >= 4 is 5.91 Å². The van der Waals surface area contributed by atoms with Crippen molar-refractivity contribution < 1.29 is 13.6 Å². The Bertz CT molecular complexity index is 754. The van der Waals surface area contributed by atoms with Gasteiger partial charge in [0.25, 0.3) is 0 Å². The van der Waals surface area contributed by atoms with Crippen LogP contribution in [0, 0.1) is 11.6 Å². The monoisotopic (exact) mass is 362 g/mol. The van der Waals surface area contributed by atoms with Crippen molar-refractivity contribution in [2.75, 3.05) is 13.1 Å². The van der Waals surface area contributed by atoms with Crippen molar-refractivity contribution in [1.82, 2.24) is 20.0 Å². The first-order valence-corrected chi connectivity index (χ1v) is 8.93. The van der Waals surface area contributed by atoms with Gasteiger partial charge in [-0.05, 0) is 42.5 Å². The maximum absolute atomic E-state index is 13.3. The summed E-state index contributed by atoms with van der Waals surface area (Å²) in [5, 5.41) is 7.19. The predicted molar refractivity (Wildman–Crippen MR) is 94.3 cm³/mol. The summed E-state index contributed by atoms with van der Waals surface area (Å²) in [5.41, 5.74) is 1.83. The van der Waals surface area contributed by atoms with Gasteiger partial charge in [0, 0.05) is 45.3 Å². The molecule has 1 aromatic carbocycles. The van der Waals surface area contributed by atoms with Gasteiger partial charge in [0.15, 0.2) is 11.6 Å². The van der Waals surface area contributed by atoms with E-state index in [0.29, 0.717) is 19.4 Å². The van der Waals surface area contributed by atoms with Crippen molar-refractivity contribution in [3.05, 3.63) is 53.4 Å². The smallest absolute Gasteiger partial charge is 0.220 e. The molecule has 1 fully saturated rings. The van der Waals surface area contributed by atoms with Crippen LogP contribution in [0.4, 0.5) is 8.78 Å². The Morgan fingerprint density at radius 3 is 2.65 bits per heavy atom. The Labute approximate surface area is 152 Å². The van der Waals surface area contributed by atoms with Crippen LogP contribution in [0.15, 0.2) is 30.6 Å². The molecular weight excluding hydrogens is 338 g/mol. The van der Waals surface area contributed by atoms with E-state index in [2.05, 4.69) is 15.3 Å². The van der Waals surface area contributed by atoms with Crippen LogP contribution in [0.1, 0.15) is 30.4 Å². The number of benzene rings is 1. The summed E-state index contributed by atoms with van der Waals surface area (Å²) in [5.74, 6) is -1.56. The maximum Gasteiger partial charge on any atom is 0.220 e. The molecule has 0 aliphatic carbocycles. The Balaban J connectivity index is 1.39. The third-order valence-electron chi connectivity index (χ3n) is 4.74. The fraction of sp³-hybridized carbons (Fsp3) is 0.474. The van der Waals surface area contributed by atoms with Gasteiger partial charge >= 0.3 is 0 Å². The molecule has 0 unspecified atom stereocenters. The highest BCUT2D eigenvalue weighted by Crippen LogP contribution is 2.16. The lowest BCUT2D eigenvalue weighted by Crippen LogP contribution is -2.44. The first kappa shape index (κ1) is 18.5. The number of hydrogen-bond donors (Lipinski definition) is 1. The molecule has 3 rings (SSSR count). The van der Waals surface area contributed by atoms with Crippen molar-refractivity contribution in [1.29, 1.82) is 0 Å². The minimum absolute atomic E-state index is 0.0629. The number of aromatic nitrogens is 2. The number of amides is 1. The molecular formula is C19H24F2N4O. The van der Waals surface area contributed by atoms with Crippen LogP contribution >= 0.6 is 0 Å². The number of carbonyl (C=O) groups excluding carboxylic acids is 1. The molecule has 0 saturated carbocycles. The number of halogens is 2. The number of carbonyl (C=O) groups is 1. The highest BCUT2D eigenvalue weighted by atomic mass is 19.2. The summed E-state index contributed by atoms with van der Waals surface area (Å²) in [6.07, 6.45) is 6.58. The van der Waals surface area contributed by atoms with Crippen LogP contribution in [-0.4, -0.2) is 39.7 Å². The molecule has 5 nitrogen and oxygen atoms in total. The topological polar surface area (TPSA) is 50.2 Å². The molecule has 0 bridgehead atoms. The third-order valence-corrected chi connectivity index (χ3v) is 4.74. The molecule has 2 aromatic rings. The molecule has 1 amide bonds. The summed E-state index contributed by atoms with van der Waals surface area (Å²) in [4.78, 5) is 14.3. The maximum atomic E-state index is 13.3. The van der Waals surface area contributed by atoms with Crippen molar-refractivity contribution in [3.8, 4) is 0 Å². The van der Waals surface area contributed by atoms with Gasteiger partial charge in [0.2, 0.25) is 5.91 Å². The third kappa shape index (κ3) is 5.11. The van der Waals surface area contributed by atoms with E-state index in [9.17, 15) is 13.6 Å².